The average molecular weight is 321 g/mol. The van der Waals surface area contributed by atoms with Crippen LogP contribution < -0.4 is 5.32 Å². The zero-order valence-electron chi connectivity index (χ0n) is 14.2. The summed E-state index contributed by atoms with van der Waals surface area (Å²) in [6.07, 6.45) is 5.40. The van der Waals surface area contributed by atoms with E-state index in [1.54, 1.807) is 0 Å². The Morgan fingerprint density at radius 2 is 2.08 bits per heavy atom. The molecule has 0 amide bonds. The fourth-order valence-corrected chi connectivity index (χ4v) is 3.15. The van der Waals surface area contributed by atoms with Gasteiger partial charge < -0.3 is 10.7 Å². The molecule has 2 N–H and O–H groups in total. The highest BCUT2D eigenvalue weighted by atomic mass is 15.1. The molecule has 0 saturated heterocycles. The minimum absolute atomic E-state index is 0.0991. The highest BCUT2D eigenvalue weighted by Crippen LogP contribution is 2.31. The Labute approximate surface area is 142 Å². The molecule has 5 heteroatoms. The molecule has 1 aromatic carbocycles. The second-order valence-corrected chi connectivity index (χ2v) is 6.02. The summed E-state index contributed by atoms with van der Waals surface area (Å²) in [4.78, 5) is 13.7. The van der Waals surface area contributed by atoms with E-state index in [9.17, 15) is 0 Å². The second kappa shape index (κ2) is 7.34. The number of para-hydroxylation sites is 1. The predicted octanol–water partition coefficient (Wildman–Crippen LogP) is 4.14. The van der Waals surface area contributed by atoms with Crippen LogP contribution in [0.25, 0.3) is 0 Å². The zero-order valence-corrected chi connectivity index (χ0v) is 14.2. The molecule has 0 radical (unpaired) electrons. The first-order valence-electron chi connectivity index (χ1n) is 8.43. The second-order valence-electron chi connectivity index (χ2n) is 6.02. The maximum Gasteiger partial charge on any atom is 0.227 e. The third-order valence-corrected chi connectivity index (χ3v) is 4.34. The first-order valence-corrected chi connectivity index (χ1v) is 8.43. The van der Waals surface area contributed by atoms with E-state index in [0.717, 1.165) is 48.3 Å². The van der Waals surface area contributed by atoms with Crippen LogP contribution in [0.5, 0.6) is 0 Å². The van der Waals surface area contributed by atoms with Gasteiger partial charge in [0.1, 0.15) is 0 Å². The quantitative estimate of drug-likeness (QED) is 0.813. The third kappa shape index (κ3) is 3.35. The number of hydrogen-bond donors (Lipinski definition) is 2. The van der Waals surface area contributed by atoms with Crippen LogP contribution in [0.2, 0.25) is 0 Å². The number of aryl methyl sites for hydroxylation is 1. The van der Waals surface area contributed by atoms with Crippen molar-refractivity contribution in [2.75, 3.05) is 12.4 Å². The zero-order chi connectivity index (χ0) is 16.9. The van der Waals surface area contributed by atoms with Gasteiger partial charge in [0.15, 0.2) is 0 Å². The van der Waals surface area contributed by atoms with Gasteiger partial charge in [0.2, 0.25) is 5.95 Å². The molecular formula is C19H23N5. The van der Waals surface area contributed by atoms with Gasteiger partial charge in [-0.2, -0.15) is 0 Å². The molecule has 0 saturated carbocycles. The lowest BCUT2D eigenvalue weighted by molar-refractivity contribution is 0.834. The fraction of sp³-hybridized carbons (Fsp3) is 0.368. The van der Waals surface area contributed by atoms with Gasteiger partial charge in [-0.3, -0.25) is 4.99 Å². The van der Waals surface area contributed by atoms with Crippen molar-refractivity contribution in [3.05, 3.63) is 47.8 Å². The minimum atomic E-state index is -0.0991. The number of nitrogens with one attached hydrogen (secondary N) is 2. The van der Waals surface area contributed by atoms with Crippen molar-refractivity contribution in [1.82, 2.24) is 9.97 Å². The Morgan fingerprint density at radius 1 is 1.29 bits per heavy atom. The molecule has 1 aliphatic carbocycles. The van der Waals surface area contributed by atoms with E-state index in [-0.39, 0.29) is 5.92 Å². The van der Waals surface area contributed by atoms with Gasteiger partial charge in [0, 0.05) is 30.4 Å². The van der Waals surface area contributed by atoms with E-state index in [1.165, 1.54) is 0 Å². The van der Waals surface area contributed by atoms with E-state index >= 15 is 0 Å². The van der Waals surface area contributed by atoms with Crippen molar-refractivity contribution < 1.29 is 0 Å². The van der Waals surface area contributed by atoms with Crippen LogP contribution in [0.3, 0.4) is 0 Å². The number of rotatable bonds is 5. The topological polar surface area (TPSA) is 74.0 Å². The monoisotopic (exact) mass is 321 g/mol. The Balaban J connectivity index is 1.96. The highest BCUT2D eigenvalue weighted by Gasteiger charge is 2.30. The number of aliphatic imine (C=N–C) groups is 1. The molecular weight excluding hydrogens is 298 g/mol. The van der Waals surface area contributed by atoms with Gasteiger partial charge in [0.25, 0.3) is 0 Å². The summed E-state index contributed by atoms with van der Waals surface area (Å²) >= 11 is 0. The molecule has 2 aromatic rings. The third-order valence-electron chi connectivity index (χ3n) is 4.34. The molecule has 5 nitrogen and oxygen atoms in total. The van der Waals surface area contributed by atoms with Crippen LogP contribution in [-0.2, 0) is 6.42 Å². The van der Waals surface area contributed by atoms with Crippen LogP contribution in [0.4, 0.5) is 11.6 Å². The molecule has 124 valence electrons. The SMILES string of the molecule is CCCC(=NC)C1C(=N)CCc2cnc(Nc3ccccc3)nc21. The lowest BCUT2D eigenvalue weighted by Gasteiger charge is -2.26. The molecule has 24 heavy (non-hydrogen) atoms. The van der Waals surface area contributed by atoms with E-state index in [0.29, 0.717) is 11.7 Å². The summed E-state index contributed by atoms with van der Waals surface area (Å²) in [7, 11) is 1.82. The number of benzene rings is 1. The predicted molar refractivity (Wildman–Crippen MR) is 98.8 cm³/mol. The summed E-state index contributed by atoms with van der Waals surface area (Å²) in [5.74, 6) is 0.477. The van der Waals surface area contributed by atoms with Crippen LogP contribution >= 0.6 is 0 Å². The molecule has 3 rings (SSSR count). The molecule has 0 fully saturated rings. The number of anilines is 2. The van der Waals surface area contributed by atoms with Crippen LogP contribution in [-0.4, -0.2) is 28.4 Å². The summed E-state index contributed by atoms with van der Waals surface area (Å²) in [6.45, 7) is 2.14. The van der Waals surface area contributed by atoms with Gasteiger partial charge in [-0.25, -0.2) is 9.97 Å². The normalized spacial score (nSPS) is 17.5. The smallest absolute Gasteiger partial charge is 0.227 e. The first kappa shape index (κ1) is 16.3. The van der Waals surface area contributed by atoms with E-state index in [1.807, 2.05) is 43.6 Å². The van der Waals surface area contributed by atoms with Gasteiger partial charge in [-0.1, -0.05) is 31.5 Å². The summed E-state index contributed by atoms with van der Waals surface area (Å²) < 4.78 is 0. The largest absolute Gasteiger partial charge is 0.324 e. The number of hydrogen-bond acceptors (Lipinski definition) is 5. The highest BCUT2D eigenvalue weighted by molar-refractivity contribution is 6.11. The van der Waals surface area contributed by atoms with Gasteiger partial charge in [0.05, 0.1) is 11.6 Å². The van der Waals surface area contributed by atoms with Crippen molar-refractivity contribution in [3.8, 4) is 0 Å². The number of fused-ring (bicyclic) bond motifs is 1. The maximum absolute atomic E-state index is 8.42. The average Bonchev–Trinajstić information content (AvgIpc) is 2.61. The Morgan fingerprint density at radius 3 is 2.79 bits per heavy atom. The van der Waals surface area contributed by atoms with Crippen molar-refractivity contribution in [2.45, 2.75) is 38.5 Å². The molecule has 1 heterocycles. The Bertz CT molecular complexity index is 752. The maximum atomic E-state index is 8.42. The van der Waals surface area contributed by atoms with Crippen LogP contribution in [0, 0.1) is 5.41 Å². The van der Waals surface area contributed by atoms with Crippen molar-refractivity contribution in [3.63, 3.8) is 0 Å². The first-order chi connectivity index (χ1) is 11.7. The van der Waals surface area contributed by atoms with E-state index in [2.05, 4.69) is 22.2 Å². The van der Waals surface area contributed by atoms with Gasteiger partial charge in [-0.05, 0) is 37.0 Å². The molecule has 1 atom stereocenters. The summed E-state index contributed by atoms with van der Waals surface area (Å²) in [5.41, 5.74) is 4.78. The lowest BCUT2D eigenvalue weighted by Crippen LogP contribution is -2.28. The Hall–Kier alpha value is -2.56. The fourth-order valence-electron chi connectivity index (χ4n) is 3.15. The van der Waals surface area contributed by atoms with Crippen molar-refractivity contribution in [2.24, 2.45) is 4.99 Å². The minimum Gasteiger partial charge on any atom is -0.324 e. The molecule has 0 spiro atoms. The van der Waals surface area contributed by atoms with Crippen LogP contribution in [0.15, 0.2) is 41.5 Å². The molecule has 1 aliphatic rings. The molecule has 0 aliphatic heterocycles. The Kier molecular flexibility index (Phi) is 4.99. The van der Waals surface area contributed by atoms with Crippen molar-refractivity contribution in [1.29, 1.82) is 5.41 Å². The number of aromatic nitrogens is 2. The van der Waals surface area contributed by atoms with Gasteiger partial charge in [-0.15, -0.1) is 0 Å². The van der Waals surface area contributed by atoms with Crippen molar-refractivity contribution >= 4 is 23.1 Å². The molecule has 1 unspecified atom stereocenters. The number of nitrogens with zero attached hydrogens (tertiary/aromatic N) is 3. The molecule has 0 bridgehead atoms. The van der Waals surface area contributed by atoms with Gasteiger partial charge >= 0.3 is 0 Å². The standard InChI is InChI=1S/C19H23N5/c1-3-7-16(21-2)17-15(20)11-10-13-12-22-19(24-18(13)17)23-14-8-5-4-6-9-14/h4-6,8-9,12,17,20H,3,7,10-11H2,1-2H3,(H,22,23,24). The van der Waals surface area contributed by atoms with Crippen LogP contribution in [0.1, 0.15) is 43.4 Å². The lowest BCUT2D eigenvalue weighted by atomic mass is 9.81. The summed E-state index contributed by atoms with van der Waals surface area (Å²) in [6, 6.07) is 9.90. The summed E-state index contributed by atoms with van der Waals surface area (Å²) in [5, 5.41) is 11.7. The molecule has 1 aromatic heterocycles. The van der Waals surface area contributed by atoms with E-state index < -0.39 is 0 Å². The van der Waals surface area contributed by atoms with E-state index in [4.69, 9.17) is 10.4 Å².